The van der Waals surface area contributed by atoms with E-state index in [1.54, 1.807) is 0 Å². The Labute approximate surface area is 364 Å². The molecule has 27 atom stereocenters. The maximum absolute atomic E-state index is 11.7. The molecule has 9 rings (SSSR count). The summed E-state index contributed by atoms with van der Waals surface area (Å²) >= 11 is 0. The maximum Gasteiger partial charge on any atom is 0.187 e. The van der Waals surface area contributed by atoms with Crippen LogP contribution in [0.25, 0.3) is 0 Å². The van der Waals surface area contributed by atoms with E-state index in [9.17, 15) is 46.0 Å². The Morgan fingerprint density at radius 3 is 1.95 bits per heavy atom. The van der Waals surface area contributed by atoms with Gasteiger partial charge in [0, 0.05) is 12.5 Å². The van der Waals surface area contributed by atoms with Gasteiger partial charge >= 0.3 is 0 Å². The van der Waals surface area contributed by atoms with Gasteiger partial charge in [-0.15, -0.1) is 0 Å². The lowest BCUT2D eigenvalue weighted by atomic mass is 9.44. The highest BCUT2D eigenvalue weighted by Gasteiger charge is 2.69. The van der Waals surface area contributed by atoms with E-state index in [0.717, 1.165) is 57.9 Å². The van der Waals surface area contributed by atoms with Crippen LogP contribution in [-0.2, 0) is 33.2 Å². The van der Waals surface area contributed by atoms with Crippen molar-refractivity contribution in [2.75, 3.05) is 19.8 Å². The summed E-state index contributed by atoms with van der Waals surface area (Å²) in [6, 6.07) is 0. The van der Waals surface area contributed by atoms with Crippen molar-refractivity contribution in [3.63, 3.8) is 0 Å². The Morgan fingerprint density at radius 1 is 0.597 bits per heavy atom. The molecule has 17 heteroatoms. The van der Waals surface area contributed by atoms with Gasteiger partial charge in [0.15, 0.2) is 18.9 Å². The van der Waals surface area contributed by atoms with Crippen molar-refractivity contribution in [3.8, 4) is 0 Å². The van der Waals surface area contributed by atoms with Gasteiger partial charge < -0.3 is 79.1 Å². The fourth-order valence-corrected chi connectivity index (χ4v) is 15.0. The van der Waals surface area contributed by atoms with Gasteiger partial charge in [0.05, 0.1) is 31.5 Å². The van der Waals surface area contributed by atoms with Crippen molar-refractivity contribution in [1.29, 1.82) is 0 Å². The van der Waals surface area contributed by atoms with E-state index in [4.69, 9.17) is 33.2 Å². The number of ether oxygens (including phenoxy) is 7. The number of aliphatic hydroxyl groups is 9. The first-order valence-electron chi connectivity index (χ1n) is 23.8. The summed E-state index contributed by atoms with van der Waals surface area (Å²) in [4.78, 5) is 0. The van der Waals surface area contributed by atoms with Crippen LogP contribution < -0.4 is 5.32 Å². The van der Waals surface area contributed by atoms with Crippen molar-refractivity contribution < 1.29 is 79.1 Å². The molecular weight excluding hydrogens is 810 g/mol. The second kappa shape index (κ2) is 17.4. The second-order valence-corrected chi connectivity index (χ2v) is 21.6. The summed E-state index contributed by atoms with van der Waals surface area (Å²) in [6.07, 6.45) is -12.7. The Balaban J connectivity index is 0.967. The molecule has 0 amide bonds. The monoisotopic (exact) mass is 886 g/mol. The molecule has 1 spiro atoms. The molecule has 5 aliphatic heterocycles. The largest absolute Gasteiger partial charge is 0.394 e. The van der Waals surface area contributed by atoms with Crippen LogP contribution >= 0.6 is 0 Å². The van der Waals surface area contributed by atoms with Crippen molar-refractivity contribution in [1.82, 2.24) is 5.32 Å². The van der Waals surface area contributed by atoms with Gasteiger partial charge in [-0.25, -0.2) is 0 Å². The first-order chi connectivity index (χ1) is 29.5. The smallest absolute Gasteiger partial charge is 0.187 e. The molecule has 0 radical (unpaired) electrons. The molecular formula is C45H75NO16. The first-order valence-corrected chi connectivity index (χ1v) is 23.8. The summed E-state index contributed by atoms with van der Waals surface area (Å²) in [5, 5.41) is 100. The number of rotatable bonds is 8. The molecule has 4 aliphatic carbocycles. The van der Waals surface area contributed by atoms with Gasteiger partial charge in [-0.1, -0.05) is 34.1 Å². The molecule has 4 saturated carbocycles. The molecule has 0 aromatic heterocycles. The highest BCUT2D eigenvalue weighted by atomic mass is 16.8. The summed E-state index contributed by atoms with van der Waals surface area (Å²) < 4.78 is 44.5. The molecule has 0 bridgehead atoms. The summed E-state index contributed by atoms with van der Waals surface area (Å²) in [6.45, 7) is 10.9. The van der Waals surface area contributed by atoms with E-state index >= 15 is 0 Å². The average Bonchev–Trinajstić information content (AvgIpc) is 3.70. The van der Waals surface area contributed by atoms with Crippen LogP contribution in [-0.4, -0.2) is 176 Å². The normalized spacial score (nSPS) is 58.9. The number of piperidine rings is 1. The van der Waals surface area contributed by atoms with Crippen LogP contribution in [0.5, 0.6) is 0 Å². The van der Waals surface area contributed by atoms with Crippen LogP contribution in [0.3, 0.4) is 0 Å². The summed E-state index contributed by atoms with van der Waals surface area (Å²) in [5.74, 6) is 3.37. The van der Waals surface area contributed by atoms with Gasteiger partial charge in [0.1, 0.15) is 72.9 Å². The molecule has 356 valence electrons. The van der Waals surface area contributed by atoms with Gasteiger partial charge in [-0.2, -0.15) is 0 Å². The molecule has 5 saturated heterocycles. The topological polar surface area (TPSA) is 259 Å². The zero-order valence-corrected chi connectivity index (χ0v) is 36.9. The zero-order chi connectivity index (χ0) is 44.2. The summed E-state index contributed by atoms with van der Waals surface area (Å²) in [5.41, 5.74) is -0.0634. The van der Waals surface area contributed by atoms with Gasteiger partial charge in [0.2, 0.25) is 0 Å². The first kappa shape index (κ1) is 46.4. The van der Waals surface area contributed by atoms with Crippen LogP contribution in [0.4, 0.5) is 0 Å². The van der Waals surface area contributed by atoms with Crippen LogP contribution in [0, 0.1) is 52.3 Å². The third-order valence-electron chi connectivity index (χ3n) is 18.4. The quantitative estimate of drug-likeness (QED) is 0.152. The standard InChI is InChI=1S/C45H75NO16/c1-19-10-14-45(46-16-19)20(2)30-27(62-45)15-25-22-8-9-24-26(7-6-12-43(24,4)23(22)11-13-44(25,30)5)57-42-39(61-41-37(55)35(53)32(50)28(17-47)58-41)38(33(51)29(18-48)59-42)60-40-36(54)34(52)31(49)21(3)56-40/h19-42,46-55H,6-18H2,1-5H3/t19-,20-,21+,22-,23+,24+,25+,26?,27+,28-,29-,30+,31+,32-,33-,34-,35+,36-,37-,38+,39-,40+,41+,42-,43-,44+,45-/m1/s1. The number of hydrogen-bond donors (Lipinski definition) is 10. The van der Waals surface area contributed by atoms with E-state index in [1.165, 1.54) is 13.3 Å². The molecule has 62 heavy (non-hydrogen) atoms. The minimum atomic E-state index is -1.82. The lowest BCUT2D eigenvalue weighted by Crippen LogP contribution is -2.67. The van der Waals surface area contributed by atoms with E-state index in [1.807, 2.05) is 0 Å². The predicted molar refractivity (Wildman–Crippen MR) is 216 cm³/mol. The summed E-state index contributed by atoms with van der Waals surface area (Å²) in [7, 11) is 0. The number of aliphatic hydroxyl groups excluding tert-OH is 9. The molecule has 9 aliphatic rings. The van der Waals surface area contributed by atoms with E-state index in [2.05, 4.69) is 33.0 Å². The van der Waals surface area contributed by atoms with Gasteiger partial charge in [-0.05, 0) is 111 Å². The van der Waals surface area contributed by atoms with E-state index in [-0.39, 0.29) is 34.7 Å². The SMILES string of the molecule is C[C@@H]1CC[C@@]2(NC1)O[C@H]1C[C@H]3[C@@H]4CC[C@H]5C(O[C@@H]6O[C@H](CO)[C@@H](O)[C@H](O[C@@H]7O[C@@H](C)[C@H](O)[C@@H](O)[C@H]7O)[C@H]6O[C@@H]6O[C@H](CO)[C@@H](O)[C@H](O)[C@H]6O)CCC[C@]5(C)[C@H]4CC[C@]3(C)[C@H]1[C@H]2C. The van der Waals surface area contributed by atoms with Gasteiger partial charge in [-0.3, -0.25) is 5.32 Å². The van der Waals surface area contributed by atoms with E-state index < -0.39 is 105 Å². The Morgan fingerprint density at radius 2 is 1.26 bits per heavy atom. The molecule has 17 nitrogen and oxygen atoms in total. The Hall–Kier alpha value is -0.680. The maximum atomic E-state index is 11.7. The van der Waals surface area contributed by atoms with Crippen LogP contribution in [0.1, 0.15) is 98.8 Å². The molecule has 1 unspecified atom stereocenters. The Bertz CT molecular complexity index is 1550. The third kappa shape index (κ3) is 7.47. The van der Waals surface area contributed by atoms with Crippen molar-refractivity contribution in [2.24, 2.45) is 52.3 Å². The number of nitrogens with one attached hydrogen (secondary N) is 1. The molecule has 0 aromatic rings. The van der Waals surface area contributed by atoms with Crippen molar-refractivity contribution >= 4 is 0 Å². The highest BCUT2D eigenvalue weighted by molar-refractivity contribution is 5.17. The Kier molecular flexibility index (Phi) is 13.1. The lowest BCUT2D eigenvalue weighted by Gasteiger charge is -2.62. The van der Waals surface area contributed by atoms with Gasteiger partial charge in [0.25, 0.3) is 0 Å². The third-order valence-corrected chi connectivity index (χ3v) is 18.4. The minimum absolute atomic E-state index is 0.0547. The molecule has 9 fully saturated rings. The fraction of sp³-hybridized carbons (Fsp3) is 1.00. The highest BCUT2D eigenvalue weighted by Crippen LogP contribution is 2.71. The van der Waals surface area contributed by atoms with E-state index in [0.29, 0.717) is 41.9 Å². The molecule has 5 heterocycles. The average molecular weight is 886 g/mol. The van der Waals surface area contributed by atoms with Crippen LogP contribution in [0.2, 0.25) is 0 Å². The van der Waals surface area contributed by atoms with Crippen molar-refractivity contribution in [2.45, 2.75) is 209 Å². The molecule has 0 aromatic carbocycles. The molecule has 10 N–H and O–H groups in total. The van der Waals surface area contributed by atoms with Crippen LogP contribution in [0.15, 0.2) is 0 Å². The minimum Gasteiger partial charge on any atom is -0.394 e. The predicted octanol–water partition coefficient (Wildman–Crippen LogP) is -0.133. The van der Waals surface area contributed by atoms with Crippen molar-refractivity contribution in [3.05, 3.63) is 0 Å². The zero-order valence-electron chi connectivity index (χ0n) is 36.9. The fourth-order valence-electron chi connectivity index (χ4n) is 15.0. The number of hydrogen-bond acceptors (Lipinski definition) is 17. The number of fused-ring (bicyclic) bond motifs is 7. The lowest BCUT2D eigenvalue weighted by molar-refractivity contribution is -0.397. The second-order valence-electron chi connectivity index (χ2n) is 21.6.